The summed E-state index contributed by atoms with van der Waals surface area (Å²) in [6, 6.07) is 154. The number of hydrogen-bond donors (Lipinski definition) is 0. The quantitative estimate of drug-likeness (QED) is 0.161. The molecule has 630 valence electrons. The molecular weight excluding hydrogens is 1660 g/mol. The maximum absolute atomic E-state index is 14.8. The number of benzene rings is 20. The highest BCUT2D eigenvalue weighted by Crippen LogP contribution is 2.67. The Morgan fingerprint density at radius 3 is 0.949 bits per heavy atom. The van der Waals surface area contributed by atoms with Crippen molar-refractivity contribution in [1.29, 1.82) is 0 Å². The van der Waals surface area contributed by atoms with Crippen molar-refractivity contribution in [2.45, 2.75) is 22.2 Å². The average molecular weight is 1730 g/mol. The number of aromatic nitrogens is 3. The van der Waals surface area contributed by atoms with Crippen LogP contribution < -0.4 is 21.4 Å². The Balaban J connectivity index is 0.0000000979. The van der Waals surface area contributed by atoms with Gasteiger partial charge in [-0.15, -0.1) is 0 Å². The molecule has 0 radical (unpaired) electrons. The molecule has 0 atom stereocenters. The van der Waals surface area contributed by atoms with E-state index in [4.69, 9.17) is 4.74 Å². The molecule has 136 heavy (non-hydrogen) atoms. The summed E-state index contributed by atoms with van der Waals surface area (Å²) in [4.78, 5) is 58.2. The van der Waals surface area contributed by atoms with Crippen molar-refractivity contribution in [2.75, 3.05) is 0 Å². The zero-order chi connectivity index (χ0) is 89.5. The third-order valence-corrected chi connectivity index (χ3v) is 31.5. The van der Waals surface area contributed by atoms with Gasteiger partial charge in [0.1, 0.15) is 11.3 Å². The van der Waals surface area contributed by atoms with Gasteiger partial charge in [0.25, 0.3) is 16.7 Å². The number of ketones is 1. The van der Waals surface area contributed by atoms with Crippen LogP contribution in [0.15, 0.2) is 451 Å². The van der Waals surface area contributed by atoms with Gasteiger partial charge in [-0.3, -0.25) is 32.4 Å². The number of rotatable bonds is 2. The number of carbonyl (C=O) groups is 1. The molecule has 0 saturated heterocycles. The Hall–Kier alpha value is -17.7. The van der Waals surface area contributed by atoms with Gasteiger partial charge in [0, 0.05) is 92.8 Å². The molecule has 0 unspecified atom stereocenters. The summed E-state index contributed by atoms with van der Waals surface area (Å²) in [5.41, 5.74) is 32.3. The molecule has 6 aliphatic rings. The van der Waals surface area contributed by atoms with Crippen molar-refractivity contribution in [3.05, 3.63) is 562 Å². The molecule has 3 spiro atoms. The number of nitrogens with zero attached hydrogens (tertiary/aromatic N) is 3. The molecular formula is C128H73N3O5. The van der Waals surface area contributed by atoms with Crippen molar-refractivity contribution in [3.63, 3.8) is 0 Å². The van der Waals surface area contributed by atoms with Crippen LogP contribution in [-0.4, -0.2) is 19.0 Å². The van der Waals surface area contributed by atoms with Crippen LogP contribution in [0, 0.1) is 0 Å². The van der Waals surface area contributed by atoms with Crippen LogP contribution in [0.5, 0.6) is 11.5 Å². The van der Waals surface area contributed by atoms with Crippen LogP contribution in [-0.2, 0) is 16.2 Å². The first-order valence-electron chi connectivity index (χ1n) is 46.7. The van der Waals surface area contributed by atoms with Gasteiger partial charge in [-0.1, -0.05) is 413 Å². The first-order valence-corrected chi connectivity index (χ1v) is 46.7. The number of fused-ring (bicyclic) bond motifs is 45. The smallest absolute Gasteiger partial charge is 0.263 e. The second-order valence-corrected chi connectivity index (χ2v) is 37.3. The van der Waals surface area contributed by atoms with E-state index in [1.54, 1.807) is 0 Å². The molecule has 0 amide bonds. The first kappa shape index (κ1) is 75.0. The monoisotopic (exact) mass is 1730 g/mol. The van der Waals surface area contributed by atoms with Crippen molar-refractivity contribution < 1.29 is 9.53 Å². The summed E-state index contributed by atoms with van der Waals surface area (Å²) in [5.74, 6) is 1.60. The summed E-state index contributed by atoms with van der Waals surface area (Å²) in [5, 5.41) is 14.5. The first-order chi connectivity index (χ1) is 67.2. The Morgan fingerprint density at radius 2 is 0.485 bits per heavy atom. The molecule has 32 rings (SSSR count). The summed E-state index contributed by atoms with van der Waals surface area (Å²) in [6.07, 6.45) is 0. The summed E-state index contributed by atoms with van der Waals surface area (Å²) in [7, 11) is 0. The Bertz CT molecular complexity index is 9920. The lowest BCUT2D eigenvalue weighted by atomic mass is 9.58. The minimum Gasteiger partial charge on any atom is -0.454 e. The molecule has 0 bridgehead atoms. The lowest BCUT2D eigenvalue weighted by Gasteiger charge is -2.43. The molecule has 8 heteroatoms. The van der Waals surface area contributed by atoms with Crippen LogP contribution >= 0.6 is 0 Å². The van der Waals surface area contributed by atoms with E-state index in [9.17, 15) is 19.2 Å². The number of hydrogen-bond acceptors (Lipinski definition) is 5. The Morgan fingerprint density at radius 1 is 0.191 bits per heavy atom. The van der Waals surface area contributed by atoms with Crippen molar-refractivity contribution in [3.8, 4) is 56.0 Å². The Labute approximate surface area is 777 Å². The van der Waals surface area contributed by atoms with Crippen LogP contribution in [0.3, 0.4) is 0 Å². The summed E-state index contributed by atoms with van der Waals surface area (Å²) in [6.45, 7) is 0. The number of carbonyl (C=O) groups excluding carboxylic acids is 1. The van der Waals surface area contributed by atoms with Crippen molar-refractivity contribution in [1.82, 2.24) is 13.2 Å². The summed E-state index contributed by atoms with van der Waals surface area (Å²) >= 11 is 0. The molecule has 7 heterocycles. The number of para-hydroxylation sites is 4. The van der Waals surface area contributed by atoms with E-state index in [2.05, 4.69) is 346 Å². The van der Waals surface area contributed by atoms with Gasteiger partial charge in [-0.2, -0.15) is 0 Å². The third-order valence-electron chi connectivity index (χ3n) is 31.5. The van der Waals surface area contributed by atoms with E-state index >= 15 is 0 Å². The SMILES string of the molecule is O=C1c2ccccc2C2(c3ccccc3-c3ccccc32)c2ccc3c4cccc5c6ccccc6c(=O)n(c3c21)c54.O=c1c2ccccc2c2cccc3c4ccc5c(c4n1c23)-c1ccccc1C51c2ccccc2C(c2ccc(-c3ccccc3)cc2)c2ccccc21.O=c1c2ccccc2c2cccc3c4ccc5c(c4n1c23)Oc1ccccc1C51c2ccccc2-c2ccccc21. The van der Waals surface area contributed by atoms with Crippen molar-refractivity contribution in [2.24, 2.45) is 0 Å². The Kier molecular flexibility index (Phi) is 15.0. The van der Waals surface area contributed by atoms with Gasteiger partial charge in [0.05, 0.1) is 49.4 Å². The average Bonchev–Trinajstić information content (AvgIpc) is 1.49. The lowest BCUT2D eigenvalue weighted by Crippen LogP contribution is -2.36. The minimum atomic E-state index is -0.684. The van der Waals surface area contributed by atoms with E-state index in [1.807, 2.05) is 104 Å². The van der Waals surface area contributed by atoms with Crippen LogP contribution in [0.4, 0.5) is 0 Å². The molecule has 6 aromatic heterocycles. The maximum Gasteiger partial charge on any atom is 0.263 e. The van der Waals surface area contributed by atoms with E-state index in [1.165, 1.54) is 100 Å². The molecule has 0 saturated carbocycles. The van der Waals surface area contributed by atoms with Crippen molar-refractivity contribution >= 4 is 120 Å². The second kappa shape index (κ2) is 27.2. The largest absolute Gasteiger partial charge is 0.454 e. The molecule has 20 aromatic carbocycles. The zero-order valence-corrected chi connectivity index (χ0v) is 73.0. The van der Waals surface area contributed by atoms with Gasteiger partial charge in [-0.05, 0) is 152 Å². The second-order valence-electron chi connectivity index (χ2n) is 37.3. The molecule has 5 aliphatic carbocycles. The molecule has 8 nitrogen and oxygen atoms in total. The highest BCUT2D eigenvalue weighted by atomic mass is 16.5. The number of pyridine rings is 3. The van der Waals surface area contributed by atoms with E-state index < -0.39 is 16.2 Å². The molecule has 1 aliphatic heterocycles. The fraction of sp³-hybridized carbons (Fsp3) is 0.0312. The van der Waals surface area contributed by atoms with E-state index in [-0.39, 0.29) is 28.4 Å². The molecule has 0 fully saturated rings. The fourth-order valence-electron chi connectivity index (χ4n) is 26.4. The van der Waals surface area contributed by atoms with E-state index in [0.717, 1.165) is 137 Å². The predicted molar refractivity (Wildman–Crippen MR) is 550 cm³/mol. The van der Waals surface area contributed by atoms with E-state index in [0.29, 0.717) is 27.4 Å². The van der Waals surface area contributed by atoms with Gasteiger partial charge < -0.3 is 4.74 Å². The van der Waals surface area contributed by atoms with Crippen LogP contribution in [0.1, 0.15) is 105 Å². The van der Waals surface area contributed by atoms with Gasteiger partial charge in [0.2, 0.25) is 0 Å². The standard InChI is InChI=1S/C51H31NO.C39H21NO2.C38H21NO2/c53-50-38-16-5-4-15-34(38)35-20-12-21-36-37-29-30-45-47(49(37)52(50)48(35)36)41-19-8-11-24-44(41)51(45)42-22-9-6-17-39(42)46(40-18-7-10-23-43(40)51)33-27-25-32(26-28-33)31-13-2-1-3-14-31;41-37-29-14-5-8-19-32(29)39(30-17-6-3-11-23(30)24-12-4-7-18-31(24)39)33-21-20-27-26-16-9-15-25-22-10-1-2-13-28(22)38(42)40(35(25)26)36(27)34(33)37;40-37-28-13-2-1-10-22(28)25-14-9-15-26-27-20-21-32-36(35(27)39(37)34(25)26)41-33-19-8-7-18-31(33)38(32)29-16-5-3-11-23(29)24-12-4-6-17-30(24)38/h1-30,46H;1-21H;1-21H. The zero-order valence-electron chi connectivity index (χ0n) is 73.0. The predicted octanol–water partition coefficient (Wildman–Crippen LogP) is 28.5. The topological polar surface area (TPSA) is 90.7 Å². The molecule has 26 aromatic rings. The van der Waals surface area contributed by atoms with Crippen LogP contribution in [0.25, 0.3) is 158 Å². The normalized spacial score (nSPS) is 15.4. The summed E-state index contributed by atoms with van der Waals surface area (Å²) < 4.78 is 12.7. The fourth-order valence-corrected chi connectivity index (χ4v) is 26.4. The number of ether oxygens (including phenoxy) is 1. The third kappa shape index (κ3) is 9.23. The highest BCUT2D eigenvalue weighted by molar-refractivity contribution is 6.29. The molecule has 0 N–H and O–H groups in total. The van der Waals surface area contributed by atoms with Gasteiger partial charge >= 0.3 is 0 Å². The van der Waals surface area contributed by atoms with Gasteiger partial charge in [-0.25, -0.2) is 0 Å². The minimum absolute atomic E-state index is 0.0172. The van der Waals surface area contributed by atoms with Crippen LogP contribution in [0.2, 0.25) is 0 Å². The highest BCUT2D eigenvalue weighted by Gasteiger charge is 2.56. The van der Waals surface area contributed by atoms with Gasteiger partial charge in [0.15, 0.2) is 11.5 Å². The lowest BCUT2D eigenvalue weighted by molar-refractivity contribution is 0.103. The maximum atomic E-state index is 14.8.